The Balaban J connectivity index is 2.10. The van der Waals surface area contributed by atoms with E-state index in [-0.39, 0.29) is 0 Å². The van der Waals surface area contributed by atoms with Crippen LogP contribution >= 0.6 is 0 Å². The van der Waals surface area contributed by atoms with Crippen LogP contribution in [-0.4, -0.2) is 49.1 Å². The standard InChI is InChI=1S/C13H20N4O2/c1-17-5-3-4-9(8-17)16-12-6-10(13(18)19-2)11(14)7-15-12/h6-7,9H,3-5,8,14H2,1-2H3,(H,15,16). The average molecular weight is 264 g/mol. The van der Waals surface area contributed by atoms with Crippen molar-refractivity contribution < 1.29 is 9.53 Å². The zero-order chi connectivity index (χ0) is 13.8. The molecule has 2 heterocycles. The van der Waals surface area contributed by atoms with Crippen LogP contribution < -0.4 is 11.1 Å². The Morgan fingerprint density at radius 3 is 3.11 bits per heavy atom. The van der Waals surface area contributed by atoms with Crippen LogP contribution in [0.5, 0.6) is 0 Å². The number of nitrogens with two attached hydrogens (primary N) is 1. The molecule has 0 aliphatic carbocycles. The maximum atomic E-state index is 11.6. The maximum absolute atomic E-state index is 11.6. The number of carbonyl (C=O) groups excluding carboxylic acids is 1. The summed E-state index contributed by atoms with van der Waals surface area (Å²) in [5.74, 6) is 0.221. The number of pyridine rings is 1. The fraction of sp³-hybridized carbons (Fsp3) is 0.538. The lowest BCUT2D eigenvalue weighted by Gasteiger charge is -2.30. The summed E-state index contributed by atoms with van der Waals surface area (Å²) < 4.78 is 4.70. The fourth-order valence-electron chi connectivity index (χ4n) is 2.32. The monoisotopic (exact) mass is 264 g/mol. The van der Waals surface area contributed by atoms with E-state index in [9.17, 15) is 4.79 Å². The largest absolute Gasteiger partial charge is 0.465 e. The molecule has 0 spiro atoms. The molecule has 0 amide bonds. The molecule has 0 saturated carbocycles. The van der Waals surface area contributed by atoms with Gasteiger partial charge in [-0.1, -0.05) is 0 Å². The summed E-state index contributed by atoms with van der Waals surface area (Å²) in [6.07, 6.45) is 3.75. The topological polar surface area (TPSA) is 80.5 Å². The van der Waals surface area contributed by atoms with E-state index in [1.807, 2.05) is 0 Å². The molecule has 3 N–H and O–H groups in total. The number of aromatic nitrogens is 1. The van der Waals surface area contributed by atoms with Crippen LogP contribution in [0.25, 0.3) is 0 Å². The molecule has 1 atom stereocenters. The number of hydrogen-bond acceptors (Lipinski definition) is 6. The second-order valence-electron chi connectivity index (χ2n) is 4.89. The summed E-state index contributed by atoms with van der Waals surface area (Å²) in [4.78, 5) is 18.1. The van der Waals surface area contributed by atoms with Crippen molar-refractivity contribution in [1.29, 1.82) is 0 Å². The van der Waals surface area contributed by atoms with Crippen LogP contribution in [0, 0.1) is 0 Å². The minimum Gasteiger partial charge on any atom is -0.465 e. The van der Waals surface area contributed by atoms with E-state index in [2.05, 4.69) is 22.2 Å². The third-order valence-corrected chi connectivity index (χ3v) is 3.32. The third kappa shape index (κ3) is 3.35. The highest BCUT2D eigenvalue weighted by Crippen LogP contribution is 2.18. The quantitative estimate of drug-likeness (QED) is 0.791. The molecule has 1 unspecified atom stereocenters. The Hall–Kier alpha value is -1.82. The molecular weight excluding hydrogens is 244 g/mol. The number of nitrogens with one attached hydrogen (secondary N) is 1. The van der Waals surface area contributed by atoms with Gasteiger partial charge in [-0.15, -0.1) is 0 Å². The summed E-state index contributed by atoms with van der Waals surface area (Å²) in [6, 6.07) is 2.00. The van der Waals surface area contributed by atoms with Gasteiger partial charge in [0.15, 0.2) is 0 Å². The smallest absolute Gasteiger partial charge is 0.340 e. The van der Waals surface area contributed by atoms with Crippen molar-refractivity contribution in [3.8, 4) is 0 Å². The number of carbonyl (C=O) groups is 1. The number of nitrogens with zero attached hydrogens (tertiary/aromatic N) is 2. The lowest BCUT2D eigenvalue weighted by molar-refractivity contribution is 0.0602. The third-order valence-electron chi connectivity index (χ3n) is 3.32. The van der Waals surface area contributed by atoms with Gasteiger partial charge in [-0.2, -0.15) is 0 Å². The van der Waals surface area contributed by atoms with Gasteiger partial charge >= 0.3 is 5.97 Å². The first-order valence-electron chi connectivity index (χ1n) is 6.39. The molecule has 104 valence electrons. The van der Waals surface area contributed by atoms with E-state index in [1.165, 1.54) is 13.3 Å². The predicted molar refractivity (Wildman–Crippen MR) is 74.1 cm³/mol. The van der Waals surface area contributed by atoms with Crippen molar-refractivity contribution in [2.75, 3.05) is 38.3 Å². The number of likely N-dealkylation sites (tertiary alicyclic amines) is 1. The van der Waals surface area contributed by atoms with E-state index in [0.29, 0.717) is 23.1 Å². The van der Waals surface area contributed by atoms with Crippen LogP contribution in [0.15, 0.2) is 12.3 Å². The van der Waals surface area contributed by atoms with Crippen molar-refractivity contribution in [1.82, 2.24) is 9.88 Å². The maximum Gasteiger partial charge on any atom is 0.340 e. The van der Waals surface area contributed by atoms with Crippen LogP contribution in [-0.2, 0) is 4.74 Å². The first-order valence-corrected chi connectivity index (χ1v) is 6.39. The second-order valence-corrected chi connectivity index (χ2v) is 4.89. The van der Waals surface area contributed by atoms with E-state index < -0.39 is 5.97 Å². The Bertz CT molecular complexity index is 464. The van der Waals surface area contributed by atoms with Gasteiger partial charge < -0.3 is 20.7 Å². The van der Waals surface area contributed by atoms with Crippen molar-refractivity contribution in [2.24, 2.45) is 0 Å². The predicted octanol–water partition coefficient (Wildman–Crippen LogP) is 0.956. The second kappa shape index (κ2) is 5.88. The van der Waals surface area contributed by atoms with Gasteiger partial charge in [0, 0.05) is 12.6 Å². The molecule has 6 heteroatoms. The van der Waals surface area contributed by atoms with Gasteiger partial charge in [0.1, 0.15) is 5.82 Å². The summed E-state index contributed by atoms with van der Waals surface area (Å²) >= 11 is 0. The number of hydrogen-bond donors (Lipinski definition) is 2. The van der Waals surface area contributed by atoms with E-state index in [4.69, 9.17) is 10.5 Å². The Kier molecular flexibility index (Phi) is 4.21. The minimum absolute atomic E-state index is 0.332. The minimum atomic E-state index is -0.441. The van der Waals surface area contributed by atoms with E-state index in [1.54, 1.807) is 6.07 Å². The molecule has 6 nitrogen and oxygen atoms in total. The van der Waals surface area contributed by atoms with Crippen LogP contribution in [0.2, 0.25) is 0 Å². The highest BCUT2D eigenvalue weighted by atomic mass is 16.5. The Morgan fingerprint density at radius 2 is 2.42 bits per heavy atom. The number of likely N-dealkylation sites (N-methyl/N-ethyl adjacent to an activating group) is 1. The SMILES string of the molecule is COC(=O)c1cc(NC2CCCN(C)C2)ncc1N. The van der Waals surface area contributed by atoms with Crippen LogP contribution in [0.1, 0.15) is 23.2 Å². The van der Waals surface area contributed by atoms with E-state index in [0.717, 1.165) is 25.9 Å². The molecule has 1 aromatic heterocycles. The van der Waals surface area contributed by atoms with Crippen molar-refractivity contribution in [3.63, 3.8) is 0 Å². The average Bonchev–Trinajstić information content (AvgIpc) is 2.40. The van der Waals surface area contributed by atoms with Gasteiger partial charge in [0.2, 0.25) is 0 Å². The number of rotatable bonds is 3. The summed E-state index contributed by atoms with van der Waals surface area (Å²) in [5, 5.41) is 3.34. The van der Waals surface area contributed by atoms with Crippen LogP contribution in [0.4, 0.5) is 11.5 Å². The van der Waals surface area contributed by atoms with Crippen molar-refractivity contribution in [3.05, 3.63) is 17.8 Å². The molecule has 1 aliphatic rings. The molecular formula is C13H20N4O2. The van der Waals surface area contributed by atoms with E-state index >= 15 is 0 Å². The summed E-state index contributed by atoms with van der Waals surface area (Å²) in [7, 11) is 3.44. The lowest BCUT2D eigenvalue weighted by Crippen LogP contribution is -2.39. The molecule has 1 aliphatic heterocycles. The molecule has 0 bridgehead atoms. The number of nitrogen functional groups attached to an aromatic ring is 1. The van der Waals surface area contributed by atoms with Gasteiger partial charge in [-0.3, -0.25) is 0 Å². The number of ether oxygens (including phenoxy) is 1. The zero-order valence-corrected chi connectivity index (χ0v) is 11.3. The van der Waals surface area contributed by atoms with Crippen molar-refractivity contribution >= 4 is 17.5 Å². The zero-order valence-electron chi connectivity index (χ0n) is 11.3. The number of methoxy groups -OCH3 is 1. The molecule has 0 radical (unpaired) electrons. The van der Waals surface area contributed by atoms with Crippen LogP contribution in [0.3, 0.4) is 0 Å². The molecule has 1 fully saturated rings. The van der Waals surface area contributed by atoms with Gasteiger partial charge in [-0.25, -0.2) is 9.78 Å². The highest BCUT2D eigenvalue weighted by Gasteiger charge is 2.18. The first kappa shape index (κ1) is 13.6. The molecule has 1 aromatic rings. The molecule has 1 saturated heterocycles. The molecule has 0 aromatic carbocycles. The number of anilines is 2. The number of piperidine rings is 1. The first-order chi connectivity index (χ1) is 9.10. The number of esters is 1. The summed E-state index contributed by atoms with van der Waals surface area (Å²) in [5.41, 5.74) is 6.40. The van der Waals surface area contributed by atoms with Crippen molar-refractivity contribution in [2.45, 2.75) is 18.9 Å². The van der Waals surface area contributed by atoms with Gasteiger partial charge in [0.25, 0.3) is 0 Å². The lowest BCUT2D eigenvalue weighted by atomic mass is 10.1. The normalized spacial score (nSPS) is 20.0. The highest BCUT2D eigenvalue weighted by molar-refractivity contribution is 5.95. The fourth-order valence-corrected chi connectivity index (χ4v) is 2.32. The molecule has 2 rings (SSSR count). The Morgan fingerprint density at radius 1 is 1.63 bits per heavy atom. The Labute approximate surface area is 112 Å². The molecule has 19 heavy (non-hydrogen) atoms. The van der Waals surface area contributed by atoms with Gasteiger partial charge in [0.05, 0.1) is 24.6 Å². The summed E-state index contributed by atoms with van der Waals surface area (Å²) in [6.45, 7) is 2.10. The van der Waals surface area contributed by atoms with Gasteiger partial charge in [-0.05, 0) is 32.5 Å².